The first-order chi connectivity index (χ1) is 9.49. The van der Waals surface area contributed by atoms with Crippen LogP contribution in [0.5, 0.6) is 11.5 Å². The van der Waals surface area contributed by atoms with Crippen molar-refractivity contribution in [3.05, 3.63) is 52.6 Å². The van der Waals surface area contributed by atoms with Crippen molar-refractivity contribution in [3.8, 4) is 11.5 Å². The Hall–Kier alpha value is -1.74. The van der Waals surface area contributed by atoms with Gasteiger partial charge in [-0.15, -0.1) is 0 Å². The zero-order chi connectivity index (χ0) is 14.7. The third-order valence-corrected chi connectivity index (χ3v) is 5.53. The summed E-state index contributed by atoms with van der Waals surface area (Å²) in [6.45, 7) is 8.14. The number of phenols is 1. The quantitative estimate of drug-likeness (QED) is 0.875. The van der Waals surface area contributed by atoms with Crippen molar-refractivity contribution < 1.29 is 9.84 Å². The normalized spacial score (nSPS) is 11.2. The molecule has 3 heteroatoms. The Morgan fingerprint density at radius 3 is 2.30 bits per heavy atom. The van der Waals surface area contributed by atoms with Gasteiger partial charge in [0.25, 0.3) is 0 Å². The van der Waals surface area contributed by atoms with Gasteiger partial charge in [0.05, 0.1) is 15.7 Å². The molecule has 0 aliphatic carbocycles. The molecule has 0 aliphatic rings. The molecule has 0 bridgehead atoms. The summed E-state index contributed by atoms with van der Waals surface area (Å²) < 4.78 is 5.87. The first kappa shape index (κ1) is 14.7. The summed E-state index contributed by atoms with van der Waals surface area (Å²) in [6.07, 6.45) is 0.786. The second kappa shape index (κ2) is 6.14. The highest BCUT2D eigenvalue weighted by Crippen LogP contribution is 2.26. The lowest BCUT2D eigenvalue weighted by Crippen LogP contribution is -2.24. The number of hydrogen-bond acceptors (Lipinski definition) is 2. The van der Waals surface area contributed by atoms with E-state index in [9.17, 15) is 5.11 Å². The van der Waals surface area contributed by atoms with Crippen LogP contribution in [0.15, 0.2) is 30.3 Å². The number of aromatic hydroxyl groups is 1. The Kier molecular flexibility index (Phi) is 4.50. The maximum atomic E-state index is 9.75. The van der Waals surface area contributed by atoms with E-state index < -0.39 is 9.52 Å². The van der Waals surface area contributed by atoms with Crippen LogP contribution >= 0.6 is 0 Å². The largest absolute Gasteiger partial charge is 0.507 e. The van der Waals surface area contributed by atoms with Gasteiger partial charge < -0.3 is 9.84 Å². The summed E-state index contributed by atoms with van der Waals surface area (Å²) in [7, 11) is -0.425. The maximum Gasteiger partial charge on any atom is 0.121 e. The molecule has 0 saturated carbocycles. The van der Waals surface area contributed by atoms with Crippen LogP contribution in [-0.4, -0.2) is 20.9 Å². The van der Waals surface area contributed by atoms with Crippen LogP contribution in [-0.2, 0) is 0 Å². The molecule has 106 valence electrons. The second-order valence-electron chi connectivity index (χ2n) is 5.36. The van der Waals surface area contributed by atoms with E-state index in [1.807, 2.05) is 26.0 Å². The molecule has 2 nitrogen and oxygen atoms in total. The molecule has 0 atom stereocenters. The minimum atomic E-state index is -0.425. The van der Waals surface area contributed by atoms with E-state index in [0.29, 0.717) is 5.75 Å². The fraction of sp³-hybridized carbons (Fsp3) is 0.294. The van der Waals surface area contributed by atoms with E-state index in [1.165, 1.54) is 16.3 Å². The molecule has 0 aliphatic heterocycles. The van der Waals surface area contributed by atoms with Gasteiger partial charge in [0.1, 0.15) is 11.5 Å². The number of ether oxygens (including phenoxy) is 1. The smallest absolute Gasteiger partial charge is 0.121 e. The van der Waals surface area contributed by atoms with Crippen molar-refractivity contribution in [3.63, 3.8) is 0 Å². The van der Waals surface area contributed by atoms with Gasteiger partial charge in [-0.3, -0.25) is 0 Å². The molecule has 20 heavy (non-hydrogen) atoms. The van der Waals surface area contributed by atoms with Gasteiger partial charge in [-0.1, -0.05) is 23.4 Å². The maximum absolute atomic E-state index is 9.75. The van der Waals surface area contributed by atoms with Gasteiger partial charge in [-0.2, -0.15) is 0 Å². The van der Waals surface area contributed by atoms with Crippen molar-refractivity contribution in [2.75, 3.05) is 6.23 Å². The number of phenolic OH excluding ortho intramolecular Hbond substituents is 1. The van der Waals surface area contributed by atoms with Crippen LogP contribution in [0.1, 0.15) is 22.3 Å². The number of benzene rings is 2. The zero-order valence-electron chi connectivity index (χ0n) is 12.7. The fourth-order valence-electron chi connectivity index (χ4n) is 2.36. The summed E-state index contributed by atoms with van der Waals surface area (Å²) in [4.78, 5) is 0. The summed E-state index contributed by atoms with van der Waals surface area (Å²) in [5.74, 6) is 1.22. The average molecular weight is 286 g/mol. The highest BCUT2D eigenvalue weighted by molar-refractivity contribution is 6.54. The standard InChI is InChI=1S/C17H22O2Si/c1-11-6-5-7-16(14(11)4)20-10-19-15-8-12(2)17(18)13(3)9-15/h5-9,18H,10,20H2,1-4H3. The molecule has 2 rings (SSSR count). The lowest BCUT2D eigenvalue weighted by molar-refractivity contribution is 0.383. The number of aryl methyl sites for hydroxylation is 3. The summed E-state index contributed by atoms with van der Waals surface area (Å²) in [6, 6.07) is 10.3. The van der Waals surface area contributed by atoms with E-state index in [1.54, 1.807) is 0 Å². The predicted molar refractivity (Wildman–Crippen MR) is 87.2 cm³/mol. The highest BCUT2D eigenvalue weighted by atomic mass is 28.2. The van der Waals surface area contributed by atoms with Crippen LogP contribution in [0.3, 0.4) is 0 Å². The van der Waals surface area contributed by atoms with E-state index in [4.69, 9.17) is 4.74 Å². The molecule has 0 saturated heterocycles. The van der Waals surface area contributed by atoms with Crippen molar-refractivity contribution in [1.29, 1.82) is 0 Å². The third-order valence-electron chi connectivity index (χ3n) is 3.82. The van der Waals surface area contributed by atoms with E-state index in [2.05, 4.69) is 32.0 Å². The highest BCUT2D eigenvalue weighted by Gasteiger charge is 2.05. The third kappa shape index (κ3) is 3.22. The Labute approximate surface area is 123 Å². The van der Waals surface area contributed by atoms with E-state index in [-0.39, 0.29) is 0 Å². The fourth-order valence-corrected chi connectivity index (χ4v) is 3.88. The molecule has 0 unspecified atom stereocenters. The molecule has 1 N–H and O–H groups in total. The Morgan fingerprint density at radius 2 is 1.65 bits per heavy atom. The van der Waals surface area contributed by atoms with Crippen molar-refractivity contribution in [2.24, 2.45) is 0 Å². The first-order valence-electron chi connectivity index (χ1n) is 6.97. The average Bonchev–Trinajstić information content (AvgIpc) is 2.41. The molecule has 0 amide bonds. The molecule has 0 fully saturated rings. The molecule has 2 aromatic carbocycles. The van der Waals surface area contributed by atoms with Crippen LogP contribution in [0.4, 0.5) is 0 Å². The minimum absolute atomic E-state index is 0.365. The van der Waals surface area contributed by atoms with Crippen molar-refractivity contribution in [2.45, 2.75) is 27.7 Å². The lowest BCUT2D eigenvalue weighted by Gasteiger charge is -2.11. The molecule has 0 radical (unpaired) electrons. The molecule has 0 spiro atoms. The number of hydrogen-bond donors (Lipinski definition) is 1. The molecule has 0 heterocycles. The summed E-state index contributed by atoms with van der Waals surface area (Å²) >= 11 is 0. The van der Waals surface area contributed by atoms with Crippen LogP contribution < -0.4 is 9.92 Å². The Balaban J connectivity index is 2.01. The van der Waals surface area contributed by atoms with E-state index in [0.717, 1.165) is 23.1 Å². The first-order valence-corrected chi connectivity index (χ1v) is 8.68. The molecule has 0 aromatic heterocycles. The van der Waals surface area contributed by atoms with Gasteiger partial charge in [-0.05, 0) is 62.1 Å². The molecule has 2 aromatic rings. The monoisotopic (exact) mass is 286 g/mol. The van der Waals surface area contributed by atoms with E-state index >= 15 is 0 Å². The van der Waals surface area contributed by atoms with Gasteiger partial charge in [0, 0.05) is 0 Å². The van der Waals surface area contributed by atoms with Crippen LogP contribution in [0.25, 0.3) is 0 Å². The molecular formula is C17H22O2Si. The number of rotatable bonds is 4. The SMILES string of the molecule is Cc1cccc([SiH2]COc2cc(C)c(O)c(C)c2)c1C. The molecular weight excluding hydrogens is 264 g/mol. The van der Waals surface area contributed by atoms with Crippen LogP contribution in [0.2, 0.25) is 0 Å². The van der Waals surface area contributed by atoms with Crippen molar-refractivity contribution in [1.82, 2.24) is 0 Å². The second-order valence-corrected chi connectivity index (χ2v) is 7.03. The zero-order valence-corrected chi connectivity index (χ0v) is 14.1. The summed E-state index contributed by atoms with van der Waals surface area (Å²) in [5.41, 5.74) is 4.49. The lowest BCUT2D eigenvalue weighted by atomic mass is 10.1. The van der Waals surface area contributed by atoms with Gasteiger partial charge >= 0.3 is 0 Å². The van der Waals surface area contributed by atoms with Gasteiger partial charge in [0.15, 0.2) is 0 Å². The van der Waals surface area contributed by atoms with Gasteiger partial charge in [-0.25, -0.2) is 0 Å². The van der Waals surface area contributed by atoms with Crippen molar-refractivity contribution >= 4 is 14.7 Å². The van der Waals surface area contributed by atoms with Gasteiger partial charge in [0.2, 0.25) is 0 Å². The summed E-state index contributed by atoms with van der Waals surface area (Å²) in [5, 5.41) is 11.2. The van der Waals surface area contributed by atoms with Crippen LogP contribution in [0, 0.1) is 27.7 Å². The Morgan fingerprint density at radius 1 is 1.00 bits per heavy atom. The predicted octanol–water partition coefficient (Wildman–Crippen LogP) is 2.46. The topological polar surface area (TPSA) is 29.5 Å². The minimum Gasteiger partial charge on any atom is -0.507 e. The Bertz CT molecular complexity index is 597.